The second kappa shape index (κ2) is 26.1. The molecule has 0 rings (SSSR count). The largest absolute Gasteiger partial charge is 0.467 e. The summed E-state index contributed by atoms with van der Waals surface area (Å²) < 4.78 is 4.65. The first-order chi connectivity index (χ1) is 27.2. The second-order valence-electron chi connectivity index (χ2n) is 17.0. The highest BCUT2D eigenvalue weighted by Gasteiger charge is 2.33. The van der Waals surface area contributed by atoms with Crippen LogP contribution in [0.4, 0.5) is 0 Å². The molecule has 8 N–H and O–H groups in total. The van der Waals surface area contributed by atoms with Gasteiger partial charge in [-0.25, -0.2) is 4.79 Å². The topological polar surface area (TPSA) is 259 Å². The minimum Gasteiger partial charge on any atom is -0.467 e. The minimum absolute atomic E-state index is 0.0121. The Kier molecular flexibility index (Phi) is 23.9. The summed E-state index contributed by atoms with van der Waals surface area (Å²) in [6.45, 7) is 25.7. The van der Waals surface area contributed by atoms with Crippen LogP contribution in [-0.2, 0) is 47.9 Å². The van der Waals surface area contributed by atoms with Crippen LogP contribution in [0.15, 0.2) is 12.2 Å². The third-order valence-electron chi connectivity index (χ3n) is 8.91. The van der Waals surface area contributed by atoms with Gasteiger partial charge in [-0.1, -0.05) is 62.0 Å². The first-order valence-corrected chi connectivity index (χ1v) is 20.4. The van der Waals surface area contributed by atoms with Crippen LogP contribution < -0.4 is 42.5 Å². The van der Waals surface area contributed by atoms with E-state index in [4.69, 9.17) is 0 Å². The fourth-order valence-electron chi connectivity index (χ4n) is 5.67. The molecule has 8 amide bonds. The van der Waals surface area contributed by atoms with Crippen molar-refractivity contribution in [3.8, 4) is 0 Å². The summed E-state index contributed by atoms with van der Waals surface area (Å²) in [5, 5.41) is 20.9. The van der Waals surface area contributed by atoms with Gasteiger partial charge in [0, 0.05) is 5.57 Å². The number of carbonyl (C=O) groups is 9. The predicted octanol–water partition coefficient (Wildman–Crippen LogP) is 0.878. The average molecular weight is 837 g/mol. The molecule has 0 heterocycles. The maximum absolute atomic E-state index is 13.5. The van der Waals surface area contributed by atoms with E-state index in [1.165, 1.54) is 41.7 Å². The third-order valence-corrected chi connectivity index (χ3v) is 8.91. The average Bonchev–Trinajstić information content (AvgIpc) is 3.11. The Balaban J connectivity index is 5.77. The van der Waals surface area contributed by atoms with Gasteiger partial charge in [0.1, 0.15) is 48.3 Å². The molecule has 59 heavy (non-hydrogen) atoms. The standard InChI is InChI=1S/C41H72N8O10/c1-20(2)16-29(46-33(50)24(9)10)37(54)42-25(11)34(51)47-30(17-21(3)4)38(55)43-26(12)35(52)48-31(18-22(5)6)39(56)44-27(13)36(53)49-32(19-23(7)8)40(57)45-28(14)41(58)59-15/h20-23,25-32H,9,16-19H2,1-8,10-15H3,(H,42,54)(H,43,55)(H,44,56)(H,45,57)(H,46,50)(H,47,51)(H,48,52)(H,49,53)/t25-,26-,27-,28-,29-,30-,31-,32-/m0/s1. The van der Waals surface area contributed by atoms with Gasteiger partial charge in [0.25, 0.3) is 0 Å². The smallest absolute Gasteiger partial charge is 0.328 e. The zero-order valence-corrected chi connectivity index (χ0v) is 37.5. The lowest BCUT2D eigenvalue weighted by Crippen LogP contribution is -2.59. The van der Waals surface area contributed by atoms with E-state index in [1.807, 2.05) is 55.4 Å². The fraction of sp³-hybridized carbons (Fsp3) is 0.732. The number of hydrogen-bond acceptors (Lipinski definition) is 10. The molecular formula is C41H72N8O10. The van der Waals surface area contributed by atoms with Gasteiger partial charge in [-0.3, -0.25) is 38.4 Å². The molecule has 0 aliphatic rings. The van der Waals surface area contributed by atoms with Gasteiger partial charge in [0.05, 0.1) is 7.11 Å². The van der Waals surface area contributed by atoms with Crippen LogP contribution in [-0.4, -0.2) is 109 Å². The van der Waals surface area contributed by atoms with E-state index in [0.717, 1.165) is 0 Å². The SMILES string of the molecule is C=C(C)C(=O)N[C@@H](CC(C)C)C(=O)N[C@@H](C)C(=O)N[C@@H](CC(C)C)C(=O)N[C@@H](C)C(=O)N[C@@H](CC(C)C)C(=O)N[C@@H](C)C(=O)N[C@@H](CC(C)C)C(=O)N[C@@H](C)C(=O)OC. The highest BCUT2D eigenvalue weighted by Crippen LogP contribution is 2.11. The van der Waals surface area contributed by atoms with Crippen LogP contribution in [0.5, 0.6) is 0 Å². The zero-order valence-electron chi connectivity index (χ0n) is 37.5. The van der Waals surface area contributed by atoms with E-state index in [9.17, 15) is 43.2 Å². The Labute approximate surface area is 350 Å². The first kappa shape index (κ1) is 54.0. The molecule has 0 radical (unpaired) electrons. The molecule has 18 nitrogen and oxygen atoms in total. The first-order valence-electron chi connectivity index (χ1n) is 20.4. The summed E-state index contributed by atoms with van der Waals surface area (Å²) in [4.78, 5) is 117. The number of nitrogens with one attached hydrogen (secondary N) is 8. The zero-order chi connectivity index (χ0) is 45.9. The highest BCUT2D eigenvalue weighted by atomic mass is 16.5. The number of rotatable bonds is 25. The molecule has 8 atom stereocenters. The molecule has 18 heteroatoms. The lowest BCUT2D eigenvalue weighted by molar-refractivity contribution is -0.145. The Hall–Kier alpha value is -5.03. The van der Waals surface area contributed by atoms with Crippen LogP contribution in [0, 0.1) is 23.7 Å². The van der Waals surface area contributed by atoms with Crippen LogP contribution in [0.2, 0.25) is 0 Å². The van der Waals surface area contributed by atoms with Crippen molar-refractivity contribution in [1.29, 1.82) is 0 Å². The van der Waals surface area contributed by atoms with E-state index in [1.54, 1.807) is 0 Å². The third kappa shape index (κ3) is 21.0. The van der Waals surface area contributed by atoms with Gasteiger partial charge in [-0.2, -0.15) is 0 Å². The molecule has 0 aromatic heterocycles. The maximum atomic E-state index is 13.5. The van der Waals surface area contributed by atoms with Crippen molar-refractivity contribution in [3.05, 3.63) is 12.2 Å². The lowest BCUT2D eigenvalue weighted by Gasteiger charge is -2.27. The molecule has 0 aromatic rings. The predicted molar refractivity (Wildman–Crippen MR) is 223 cm³/mol. The van der Waals surface area contributed by atoms with Crippen molar-refractivity contribution in [3.63, 3.8) is 0 Å². The van der Waals surface area contributed by atoms with Gasteiger partial charge in [0.2, 0.25) is 47.3 Å². The lowest BCUT2D eigenvalue weighted by atomic mass is 10.0. The number of esters is 1. The highest BCUT2D eigenvalue weighted by molar-refractivity contribution is 5.99. The van der Waals surface area contributed by atoms with Gasteiger partial charge < -0.3 is 47.3 Å². The van der Waals surface area contributed by atoms with E-state index in [2.05, 4.69) is 53.9 Å². The molecule has 0 saturated carbocycles. The Bertz CT molecular complexity index is 1500. The summed E-state index contributed by atoms with van der Waals surface area (Å²) in [6.07, 6.45) is 0.931. The Morgan fingerprint density at radius 2 is 0.627 bits per heavy atom. The molecule has 0 fully saturated rings. The molecule has 0 spiro atoms. The van der Waals surface area contributed by atoms with Crippen molar-refractivity contribution in [2.75, 3.05) is 7.11 Å². The fourth-order valence-corrected chi connectivity index (χ4v) is 5.67. The summed E-state index contributed by atoms with van der Waals surface area (Å²) in [6, 6.07) is -8.47. The van der Waals surface area contributed by atoms with Crippen LogP contribution in [0.25, 0.3) is 0 Å². The molecule has 0 aromatic carbocycles. The van der Waals surface area contributed by atoms with Crippen LogP contribution >= 0.6 is 0 Å². The van der Waals surface area contributed by atoms with Gasteiger partial charge in [0.15, 0.2) is 0 Å². The second-order valence-corrected chi connectivity index (χ2v) is 17.0. The summed E-state index contributed by atoms with van der Waals surface area (Å²) in [5.74, 6) is -5.81. The maximum Gasteiger partial charge on any atom is 0.328 e. The van der Waals surface area contributed by atoms with Crippen molar-refractivity contribution >= 4 is 53.2 Å². The van der Waals surface area contributed by atoms with E-state index >= 15 is 0 Å². The number of amides is 8. The van der Waals surface area contributed by atoms with Crippen molar-refractivity contribution in [2.45, 2.75) is 164 Å². The van der Waals surface area contributed by atoms with Crippen LogP contribution in [0.3, 0.4) is 0 Å². The quantitative estimate of drug-likeness (QED) is 0.0476. The monoisotopic (exact) mass is 837 g/mol. The molecule has 0 saturated heterocycles. The number of carbonyl (C=O) groups excluding carboxylic acids is 9. The van der Waals surface area contributed by atoms with Crippen molar-refractivity contribution < 1.29 is 47.9 Å². The van der Waals surface area contributed by atoms with Crippen molar-refractivity contribution in [1.82, 2.24) is 42.5 Å². The van der Waals surface area contributed by atoms with Gasteiger partial charge in [-0.05, 0) is 84.0 Å². The summed E-state index contributed by atoms with van der Waals surface area (Å²) >= 11 is 0. The summed E-state index contributed by atoms with van der Waals surface area (Å²) in [5.41, 5.74) is 0.223. The molecule has 0 bridgehead atoms. The van der Waals surface area contributed by atoms with E-state index in [0.29, 0.717) is 6.42 Å². The normalized spacial score (nSPS) is 15.3. The Morgan fingerprint density at radius 3 is 0.847 bits per heavy atom. The van der Waals surface area contributed by atoms with E-state index < -0.39 is 102 Å². The number of hydrogen-bond donors (Lipinski definition) is 8. The van der Waals surface area contributed by atoms with E-state index in [-0.39, 0.29) is 48.5 Å². The molecule has 0 unspecified atom stereocenters. The van der Waals surface area contributed by atoms with Gasteiger partial charge >= 0.3 is 5.97 Å². The minimum atomic E-state index is -1.16. The summed E-state index contributed by atoms with van der Waals surface area (Å²) in [7, 11) is 1.19. The molecular weight excluding hydrogens is 764 g/mol. The van der Waals surface area contributed by atoms with Crippen LogP contribution in [0.1, 0.15) is 116 Å². The van der Waals surface area contributed by atoms with Crippen molar-refractivity contribution in [2.24, 2.45) is 23.7 Å². The molecule has 0 aliphatic carbocycles. The molecule has 336 valence electrons. The van der Waals surface area contributed by atoms with Gasteiger partial charge in [-0.15, -0.1) is 0 Å². The molecule has 0 aliphatic heterocycles. The number of methoxy groups -OCH3 is 1. The number of ether oxygens (including phenoxy) is 1. The Morgan fingerprint density at radius 1 is 0.390 bits per heavy atom.